The van der Waals surface area contributed by atoms with Gasteiger partial charge in [-0.2, -0.15) is 0 Å². The monoisotopic (exact) mass is 424 g/mol. The molecular formula is C29H21BN2O. The first-order valence-electron chi connectivity index (χ1n) is 11.2. The lowest BCUT2D eigenvalue weighted by molar-refractivity contribution is 0.463. The first-order valence-corrected chi connectivity index (χ1v) is 11.2. The van der Waals surface area contributed by atoms with Crippen molar-refractivity contribution < 1.29 is 4.74 Å². The molecule has 0 unspecified atom stereocenters. The Bertz CT molecular complexity index is 1420. The van der Waals surface area contributed by atoms with Crippen LogP contribution < -0.4 is 21.1 Å². The van der Waals surface area contributed by atoms with Gasteiger partial charge in [0.15, 0.2) is 0 Å². The third-order valence-electron chi connectivity index (χ3n) is 6.22. The van der Waals surface area contributed by atoms with Crippen molar-refractivity contribution >= 4 is 23.1 Å². The van der Waals surface area contributed by atoms with Crippen LogP contribution in [0.3, 0.4) is 0 Å². The molecule has 3 nitrogen and oxygen atoms in total. The Labute approximate surface area is 193 Å². The maximum Gasteiger partial charge on any atom is 0.242 e. The van der Waals surface area contributed by atoms with Gasteiger partial charge >= 0.3 is 0 Å². The van der Waals surface area contributed by atoms with Gasteiger partial charge in [0.25, 0.3) is 0 Å². The molecule has 0 spiro atoms. The molecule has 0 atom stereocenters. The summed E-state index contributed by atoms with van der Waals surface area (Å²) in [6.45, 7) is 0.126. The number of hydrogen-bond acceptors (Lipinski definition) is 3. The van der Waals surface area contributed by atoms with E-state index in [9.17, 15) is 0 Å². The first kappa shape index (κ1) is 19.5. The number of ether oxygens (including phenoxy) is 1. The second kappa shape index (κ2) is 8.40. The molecule has 33 heavy (non-hydrogen) atoms. The molecule has 0 aliphatic carbocycles. The summed E-state index contributed by atoms with van der Waals surface area (Å²) in [5, 5.41) is 0. The fraction of sp³-hybridized carbons (Fsp3) is 0.0345. The number of pyridine rings is 2. The van der Waals surface area contributed by atoms with Gasteiger partial charge in [0.1, 0.15) is 5.75 Å². The molecule has 0 fully saturated rings. The van der Waals surface area contributed by atoms with E-state index in [1.165, 1.54) is 27.5 Å². The highest BCUT2D eigenvalue weighted by molar-refractivity contribution is 6.96. The standard InChI is InChI=1S/C29H21BN2O/c1-2-11-26-21(8-1)18-22-14-15-23(28-12-3-5-16-31-28)19-27(22)30(26)24-9-7-10-25(20-24)33-29-13-4-6-17-32-29/h1-17,19-20H,18H2. The normalized spacial score (nSPS) is 12.1. The number of fused-ring (bicyclic) bond motifs is 2. The van der Waals surface area contributed by atoms with Crippen molar-refractivity contribution in [2.45, 2.75) is 6.42 Å². The van der Waals surface area contributed by atoms with Gasteiger partial charge in [0, 0.05) is 18.5 Å². The number of nitrogens with zero attached hydrogens (tertiary/aromatic N) is 2. The third-order valence-corrected chi connectivity index (χ3v) is 6.22. The van der Waals surface area contributed by atoms with E-state index in [4.69, 9.17) is 4.74 Å². The van der Waals surface area contributed by atoms with Crippen LogP contribution in [0.5, 0.6) is 11.6 Å². The Morgan fingerprint density at radius 2 is 1.45 bits per heavy atom. The molecule has 0 N–H and O–H groups in total. The Morgan fingerprint density at radius 3 is 2.30 bits per heavy atom. The zero-order valence-electron chi connectivity index (χ0n) is 18.1. The number of benzene rings is 3. The van der Waals surface area contributed by atoms with Crippen LogP contribution in [0.15, 0.2) is 116 Å². The summed E-state index contributed by atoms with van der Waals surface area (Å²) >= 11 is 0. The highest BCUT2D eigenvalue weighted by atomic mass is 16.5. The lowest BCUT2D eigenvalue weighted by atomic mass is 9.33. The topological polar surface area (TPSA) is 35.0 Å². The van der Waals surface area contributed by atoms with Crippen LogP contribution in [0, 0.1) is 0 Å². The van der Waals surface area contributed by atoms with Crippen LogP contribution >= 0.6 is 0 Å². The van der Waals surface area contributed by atoms with E-state index in [1.54, 1.807) is 6.20 Å². The smallest absolute Gasteiger partial charge is 0.242 e. The summed E-state index contributed by atoms with van der Waals surface area (Å²) in [6, 6.07) is 35.6. The van der Waals surface area contributed by atoms with Crippen LogP contribution in [0.2, 0.25) is 0 Å². The van der Waals surface area contributed by atoms with Crippen LogP contribution in [0.1, 0.15) is 11.1 Å². The number of rotatable bonds is 4. The predicted octanol–water partition coefficient (Wildman–Crippen LogP) is 4.36. The van der Waals surface area contributed by atoms with Gasteiger partial charge in [-0.15, -0.1) is 0 Å². The summed E-state index contributed by atoms with van der Waals surface area (Å²) in [4.78, 5) is 8.88. The quantitative estimate of drug-likeness (QED) is 0.395. The van der Waals surface area contributed by atoms with Crippen molar-refractivity contribution in [1.29, 1.82) is 0 Å². The van der Waals surface area contributed by atoms with E-state index in [0.29, 0.717) is 5.88 Å². The summed E-state index contributed by atoms with van der Waals surface area (Å²) in [5.41, 5.74) is 8.73. The minimum absolute atomic E-state index is 0.126. The first-order chi connectivity index (χ1) is 16.3. The highest BCUT2D eigenvalue weighted by Crippen LogP contribution is 2.22. The van der Waals surface area contributed by atoms with Gasteiger partial charge in [-0.1, -0.05) is 83.1 Å². The average Bonchev–Trinajstić information content (AvgIpc) is 2.88. The molecule has 156 valence electrons. The molecule has 3 heterocycles. The average molecular weight is 424 g/mol. The van der Waals surface area contributed by atoms with Crippen molar-refractivity contribution in [3.05, 3.63) is 127 Å². The second-order valence-corrected chi connectivity index (χ2v) is 8.28. The highest BCUT2D eigenvalue weighted by Gasteiger charge is 2.31. The van der Waals surface area contributed by atoms with E-state index in [-0.39, 0.29) is 6.71 Å². The van der Waals surface area contributed by atoms with Gasteiger partial charge in [-0.05, 0) is 53.4 Å². The van der Waals surface area contributed by atoms with E-state index in [0.717, 1.165) is 23.4 Å². The van der Waals surface area contributed by atoms with E-state index < -0.39 is 0 Å². The molecule has 3 aromatic carbocycles. The molecule has 4 heteroatoms. The summed E-state index contributed by atoms with van der Waals surface area (Å²) in [7, 11) is 0. The van der Waals surface area contributed by atoms with Crippen LogP contribution in [0.4, 0.5) is 0 Å². The van der Waals surface area contributed by atoms with Gasteiger partial charge < -0.3 is 4.74 Å². The van der Waals surface area contributed by atoms with Crippen LogP contribution in [-0.4, -0.2) is 16.7 Å². The minimum atomic E-state index is 0.126. The molecule has 6 rings (SSSR count). The lowest BCUT2D eigenvalue weighted by Gasteiger charge is -2.27. The van der Waals surface area contributed by atoms with Crippen molar-refractivity contribution in [2.75, 3.05) is 0 Å². The predicted molar refractivity (Wildman–Crippen MR) is 134 cm³/mol. The SMILES string of the molecule is c1ccc(Oc2cccc(B3c4ccccc4Cc4ccc(-c5ccccn5)cc43)c2)nc1. The molecule has 5 aromatic rings. The molecule has 1 aliphatic heterocycles. The van der Waals surface area contributed by atoms with Crippen molar-refractivity contribution in [3.8, 4) is 22.9 Å². The Kier molecular flexibility index (Phi) is 4.96. The van der Waals surface area contributed by atoms with Crippen molar-refractivity contribution in [3.63, 3.8) is 0 Å². The molecule has 1 aliphatic rings. The molecule has 0 saturated heterocycles. The molecule has 0 saturated carbocycles. The zero-order valence-corrected chi connectivity index (χ0v) is 18.1. The molecular weight excluding hydrogens is 403 g/mol. The molecule has 2 aromatic heterocycles. The third kappa shape index (κ3) is 3.81. The Hall–Kier alpha value is -4.18. The van der Waals surface area contributed by atoms with E-state index in [2.05, 4.69) is 76.7 Å². The number of aromatic nitrogens is 2. The molecule has 0 amide bonds. The summed E-state index contributed by atoms with van der Waals surface area (Å²) < 4.78 is 6.06. The molecule has 0 bridgehead atoms. The maximum absolute atomic E-state index is 6.06. The summed E-state index contributed by atoms with van der Waals surface area (Å²) in [5.74, 6) is 1.38. The zero-order chi connectivity index (χ0) is 22.0. The van der Waals surface area contributed by atoms with Gasteiger partial charge in [-0.25, -0.2) is 4.98 Å². The van der Waals surface area contributed by atoms with Crippen molar-refractivity contribution in [2.24, 2.45) is 0 Å². The van der Waals surface area contributed by atoms with Gasteiger partial charge in [0.2, 0.25) is 12.6 Å². The Morgan fingerprint density at radius 1 is 0.636 bits per heavy atom. The largest absolute Gasteiger partial charge is 0.439 e. The Balaban J connectivity index is 1.47. The molecule has 0 radical (unpaired) electrons. The van der Waals surface area contributed by atoms with E-state index >= 15 is 0 Å². The fourth-order valence-corrected chi connectivity index (χ4v) is 4.71. The maximum atomic E-state index is 6.06. The van der Waals surface area contributed by atoms with Gasteiger partial charge in [-0.3, -0.25) is 4.98 Å². The number of hydrogen-bond donors (Lipinski definition) is 0. The fourth-order valence-electron chi connectivity index (χ4n) is 4.71. The van der Waals surface area contributed by atoms with Crippen molar-refractivity contribution in [1.82, 2.24) is 9.97 Å². The van der Waals surface area contributed by atoms with Gasteiger partial charge in [0.05, 0.1) is 5.69 Å². The lowest BCUT2D eigenvalue weighted by Crippen LogP contribution is -2.56. The van der Waals surface area contributed by atoms with E-state index in [1.807, 2.05) is 42.6 Å². The second-order valence-electron chi connectivity index (χ2n) is 8.28. The van der Waals surface area contributed by atoms with Crippen LogP contribution in [0.25, 0.3) is 11.3 Å². The van der Waals surface area contributed by atoms with Crippen LogP contribution in [-0.2, 0) is 6.42 Å². The minimum Gasteiger partial charge on any atom is -0.439 e. The summed E-state index contributed by atoms with van der Waals surface area (Å²) in [6.07, 6.45) is 4.53.